The summed E-state index contributed by atoms with van der Waals surface area (Å²) >= 11 is 0. The molecule has 208 valence electrons. The molecule has 0 bridgehead atoms. The summed E-state index contributed by atoms with van der Waals surface area (Å²) < 4.78 is 11.3. The monoisotopic (exact) mass is 530 g/mol. The summed E-state index contributed by atoms with van der Waals surface area (Å²) in [6.45, 7) is 12.3. The Balaban J connectivity index is 1.92. The second-order valence-electron chi connectivity index (χ2n) is 11.9. The predicted molar refractivity (Wildman–Crippen MR) is 156 cm³/mol. The second-order valence-corrected chi connectivity index (χ2v) is 11.9. The molecule has 1 N–H and O–H groups in total. The number of carbonyl (C=O) groups excluding carboxylic acids is 2. The lowest BCUT2D eigenvalue weighted by molar-refractivity contribution is -0.143. The Morgan fingerprint density at radius 2 is 1.46 bits per heavy atom. The number of hydrogen-bond donors (Lipinski definition) is 1. The maximum absolute atomic E-state index is 13.8. The van der Waals surface area contributed by atoms with Gasteiger partial charge in [0, 0.05) is 18.5 Å². The van der Waals surface area contributed by atoms with Crippen LogP contribution >= 0.6 is 0 Å². The van der Waals surface area contributed by atoms with Gasteiger partial charge in [0.2, 0.25) is 5.91 Å². The molecule has 0 heterocycles. The van der Waals surface area contributed by atoms with Crippen molar-refractivity contribution in [2.45, 2.75) is 71.5 Å². The highest BCUT2D eigenvalue weighted by Gasteiger charge is 2.32. The van der Waals surface area contributed by atoms with Crippen LogP contribution < -0.4 is 14.8 Å². The number of nitrogens with one attached hydrogen (secondary N) is 1. The molecular formula is C33H42N2O4. The van der Waals surface area contributed by atoms with Crippen molar-refractivity contribution in [3.63, 3.8) is 0 Å². The van der Waals surface area contributed by atoms with Gasteiger partial charge in [0.15, 0.2) is 6.61 Å². The maximum Gasteiger partial charge on any atom is 0.261 e. The number of rotatable bonds is 10. The lowest BCUT2D eigenvalue weighted by Crippen LogP contribution is -2.55. The van der Waals surface area contributed by atoms with E-state index in [4.69, 9.17) is 9.47 Å². The zero-order valence-electron chi connectivity index (χ0n) is 24.3. The molecule has 0 aliphatic rings. The first-order chi connectivity index (χ1) is 18.4. The number of amides is 2. The van der Waals surface area contributed by atoms with Gasteiger partial charge >= 0.3 is 0 Å². The normalized spacial score (nSPS) is 12.4. The number of carbonyl (C=O) groups is 2. The van der Waals surface area contributed by atoms with E-state index in [1.165, 1.54) is 5.56 Å². The molecule has 3 rings (SSSR count). The third-order valence-electron chi connectivity index (χ3n) is 6.34. The molecule has 3 aromatic carbocycles. The average molecular weight is 531 g/mol. The number of benzene rings is 3. The molecule has 0 saturated heterocycles. The number of ether oxygens (including phenoxy) is 2. The van der Waals surface area contributed by atoms with Crippen LogP contribution in [0.1, 0.15) is 58.2 Å². The zero-order chi connectivity index (χ0) is 28.6. The first-order valence-electron chi connectivity index (χ1n) is 13.4. The molecule has 0 spiro atoms. The summed E-state index contributed by atoms with van der Waals surface area (Å²) in [5, 5.41) is 3.08. The van der Waals surface area contributed by atoms with Gasteiger partial charge in [-0.05, 0) is 67.1 Å². The Morgan fingerprint density at radius 1 is 0.821 bits per heavy atom. The molecule has 0 fully saturated rings. The first-order valence-corrected chi connectivity index (χ1v) is 13.4. The van der Waals surface area contributed by atoms with Gasteiger partial charge in [-0.1, -0.05) is 75.4 Å². The van der Waals surface area contributed by atoms with Crippen LogP contribution in [0.2, 0.25) is 0 Å². The molecule has 2 amide bonds. The molecule has 0 aromatic heterocycles. The van der Waals surface area contributed by atoms with Crippen LogP contribution in [0.4, 0.5) is 0 Å². The van der Waals surface area contributed by atoms with Crippen molar-refractivity contribution in [1.29, 1.82) is 0 Å². The number of hydrogen-bond acceptors (Lipinski definition) is 4. The van der Waals surface area contributed by atoms with E-state index < -0.39 is 11.6 Å². The van der Waals surface area contributed by atoms with Gasteiger partial charge in [0.25, 0.3) is 5.91 Å². The Hall–Kier alpha value is -3.80. The third-order valence-corrected chi connectivity index (χ3v) is 6.34. The van der Waals surface area contributed by atoms with E-state index in [1.54, 1.807) is 12.0 Å². The fraction of sp³-hybridized carbons (Fsp3) is 0.394. The van der Waals surface area contributed by atoms with Gasteiger partial charge in [-0.25, -0.2) is 0 Å². The van der Waals surface area contributed by atoms with E-state index in [2.05, 4.69) is 26.1 Å². The van der Waals surface area contributed by atoms with Gasteiger partial charge in [-0.2, -0.15) is 0 Å². The minimum atomic E-state index is -0.739. The molecule has 0 aliphatic carbocycles. The Morgan fingerprint density at radius 3 is 2.05 bits per heavy atom. The van der Waals surface area contributed by atoms with E-state index in [0.717, 1.165) is 11.1 Å². The molecule has 6 heteroatoms. The van der Waals surface area contributed by atoms with Crippen molar-refractivity contribution >= 4 is 11.8 Å². The molecule has 1 atom stereocenters. The summed E-state index contributed by atoms with van der Waals surface area (Å²) in [7, 11) is 1.61. The summed E-state index contributed by atoms with van der Waals surface area (Å²) in [6.07, 6.45) is 0.374. The van der Waals surface area contributed by atoms with Crippen molar-refractivity contribution in [3.05, 3.63) is 95.6 Å². The minimum Gasteiger partial charge on any atom is -0.497 e. The van der Waals surface area contributed by atoms with E-state index in [0.29, 0.717) is 17.9 Å². The average Bonchev–Trinajstić information content (AvgIpc) is 2.88. The van der Waals surface area contributed by atoms with Gasteiger partial charge in [0.05, 0.1) is 7.11 Å². The van der Waals surface area contributed by atoms with Crippen LogP contribution in [0, 0.1) is 0 Å². The lowest BCUT2D eigenvalue weighted by atomic mass is 9.87. The molecule has 0 saturated carbocycles. The van der Waals surface area contributed by atoms with Gasteiger partial charge < -0.3 is 19.7 Å². The molecule has 0 unspecified atom stereocenters. The van der Waals surface area contributed by atoms with E-state index in [-0.39, 0.29) is 30.4 Å². The van der Waals surface area contributed by atoms with Crippen molar-refractivity contribution in [3.8, 4) is 11.5 Å². The van der Waals surface area contributed by atoms with Crippen LogP contribution in [0.25, 0.3) is 0 Å². The molecule has 39 heavy (non-hydrogen) atoms. The van der Waals surface area contributed by atoms with Crippen LogP contribution in [0.3, 0.4) is 0 Å². The van der Waals surface area contributed by atoms with Crippen LogP contribution in [0.15, 0.2) is 78.9 Å². The van der Waals surface area contributed by atoms with E-state index >= 15 is 0 Å². The van der Waals surface area contributed by atoms with Crippen LogP contribution in [-0.2, 0) is 28.0 Å². The third kappa shape index (κ3) is 9.17. The standard InChI is InChI=1S/C33H42N2O4/c1-32(2,3)26-16-18-27(19-17-26)39-23-30(36)35(22-25-14-11-15-28(20-25)38-7)29(31(37)34-33(4,5)6)21-24-12-9-8-10-13-24/h8-20,29H,21-23H2,1-7H3,(H,34,37)/t29-/m0/s1. The molecular weight excluding hydrogens is 488 g/mol. The Bertz CT molecular complexity index is 1230. The highest BCUT2D eigenvalue weighted by molar-refractivity contribution is 5.89. The molecule has 0 aliphatic heterocycles. The van der Waals surface area contributed by atoms with Crippen molar-refractivity contribution < 1.29 is 19.1 Å². The maximum atomic E-state index is 13.8. The Labute approximate surface area is 233 Å². The van der Waals surface area contributed by atoms with Gasteiger partial charge in [-0.3, -0.25) is 9.59 Å². The van der Waals surface area contributed by atoms with Gasteiger partial charge in [0.1, 0.15) is 17.5 Å². The van der Waals surface area contributed by atoms with Crippen LogP contribution in [0.5, 0.6) is 11.5 Å². The zero-order valence-corrected chi connectivity index (χ0v) is 24.3. The summed E-state index contributed by atoms with van der Waals surface area (Å²) in [4.78, 5) is 29.1. The second kappa shape index (κ2) is 12.8. The van der Waals surface area contributed by atoms with Crippen molar-refractivity contribution in [1.82, 2.24) is 10.2 Å². The molecule has 3 aromatic rings. The SMILES string of the molecule is COc1cccc(CN(C(=O)COc2ccc(C(C)(C)C)cc2)[C@@H](Cc2ccccc2)C(=O)NC(C)(C)C)c1. The number of nitrogens with zero attached hydrogens (tertiary/aromatic N) is 1. The fourth-order valence-corrected chi connectivity index (χ4v) is 4.25. The largest absolute Gasteiger partial charge is 0.497 e. The first kappa shape index (κ1) is 29.8. The lowest BCUT2D eigenvalue weighted by Gasteiger charge is -2.33. The predicted octanol–water partition coefficient (Wildman–Crippen LogP) is 5.93. The molecule has 0 radical (unpaired) electrons. The number of methoxy groups -OCH3 is 1. The van der Waals surface area contributed by atoms with E-state index in [9.17, 15) is 9.59 Å². The summed E-state index contributed by atoms with van der Waals surface area (Å²) in [5.74, 6) is 0.810. The fourth-order valence-electron chi connectivity index (χ4n) is 4.25. The molecule has 6 nitrogen and oxygen atoms in total. The minimum absolute atomic E-state index is 0.0208. The quantitative estimate of drug-likeness (QED) is 0.353. The van der Waals surface area contributed by atoms with Gasteiger partial charge in [-0.15, -0.1) is 0 Å². The smallest absolute Gasteiger partial charge is 0.261 e. The van der Waals surface area contributed by atoms with Crippen molar-refractivity contribution in [2.75, 3.05) is 13.7 Å². The summed E-state index contributed by atoms with van der Waals surface area (Å²) in [6, 6.07) is 24.4. The highest BCUT2D eigenvalue weighted by Crippen LogP contribution is 2.25. The van der Waals surface area contributed by atoms with Crippen LogP contribution in [-0.4, -0.2) is 42.0 Å². The Kier molecular flexibility index (Phi) is 9.79. The highest BCUT2D eigenvalue weighted by atomic mass is 16.5. The topological polar surface area (TPSA) is 67.9 Å². The summed E-state index contributed by atoms with van der Waals surface area (Å²) in [5.41, 5.74) is 2.57. The van der Waals surface area contributed by atoms with Crippen molar-refractivity contribution in [2.24, 2.45) is 0 Å². The van der Waals surface area contributed by atoms with E-state index in [1.807, 2.05) is 99.6 Å².